The molecule has 0 unspecified atom stereocenters. The van der Waals surface area contributed by atoms with Crippen LogP contribution in [0.5, 0.6) is 0 Å². The SMILES string of the molecule is Cc1ccc(S(=O)(=O)NC[C@@H](NCc2ccccc2)c2ccccc2)cc1. The Labute approximate surface area is 161 Å². The zero-order valence-electron chi connectivity index (χ0n) is 15.3. The van der Waals surface area contributed by atoms with Crippen molar-refractivity contribution in [2.45, 2.75) is 24.4 Å². The fraction of sp³-hybridized carbons (Fsp3) is 0.182. The molecule has 0 aromatic heterocycles. The minimum atomic E-state index is -3.55. The first-order valence-corrected chi connectivity index (χ1v) is 10.4. The van der Waals surface area contributed by atoms with E-state index in [9.17, 15) is 8.42 Å². The smallest absolute Gasteiger partial charge is 0.240 e. The number of rotatable bonds is 8. The van der Waals surface area contributed by atoms with Crippen LogP contribution < -0.4 is 10.0 Å². The number of hydrogen-bond acceptors (Lipinski definition) is 3. The molecule has 0 spiro atoms. The molecule has 0 saturated heterocycles. The van der Waals surface area contributed by atoms with Crippen molar-refractivity contribution in [3.05, 3.63) is 102 Å². The normalized spacial score (nSPS) is 12.6. The lowest BCUT2D eigenvalue weighted by molar-refractivity contribution is 0.513. The molecule has 0 bridgehead atoms. The van der Waals surface area contributed by atoms with Gasteiger partial charge in [0.1, 0.15) is 0 Å². The quantitative estimate of drug-likeness (QED) is 0.625. The molecule has 0 aliphatic heterocycles. The van der Waals surface area contributed by atoms with Gasteiger partial charge in [-0.3, -0.25) is 0 Å². The van der Waals surface area contributed by atoms with Crippen molar-refractivity contribution < 1.29 is 8.42 Å². The molecule has 0 aliphatic carbocycles. The van der Waals surface area contributed by atoms with Crippen LogP contribution in [0.2, 0.25) is 0 Å². The van der Waals surface area contributed by atoms with Crippen LogP contribution in [0, 0.1) is 6.92 Å². The molecular weight excluding hydrogens is 356 g/mol. The van der Waals surface area contributed by atoms with E-state index in [0.717, 1.165) is 16.7 Å². The van der Waals surface area contributed by atoms with Gasteiger partial charge in [0.25, 0.3) is 0 Å². The summed E-state index contributed by atoms with van der Waals surface area (Å²) < 4.78 is 28.0. The Morgan fingerprint density at radius 3 is 2.04 bits per heavy atom. The second kappa shape index (κ2) is 8.95. The Balaban J connectivity index is 1.72. The van der Waals surface area contributed by atoms with Crippen molar-refractivity contribution in [3.8, 4) is 0 Å². The van der Waals surface area contributed by atoms with Gasteiger partial charge in [0.05, 0.1) is 4.90 Å². The van der Waals surface area contributed by atoms with Crippen molar-refractivity contribution >= 4 is 10.0 Å². The molecule has 0 fully saturated rings. The van der Waals surface area contributed by atoms with E-state index in [0.29, 0.717) is 6.54 Å². The van der Waals surface area contributed by atoms with Crippen molar-refractivity contribution in [1.82, 2.24) is 10.0 Å². The van der Waals surface area contributed by atoms with Crippen molar-refractivity contribution in [2.75, 3.05) is 6.54 Å². The lowest BCUT2D eigenvalue weighted by atomic mass is 10.1. The summed E-state index contributed by atoms with van der Waals surface area (Å²) in [5.41, 5.74) is 3.22. The van der Waals surface area contributed by atoms with Crippen LogP contribution in [-0.4, -0.2) is 15.0 Å². The van der Waals surface area contributed by atoms with Gasteiger partial charge in [-0.05, 0) is 30.2 Å². The van der Waals surface area contributed by atoms with Gasteiger partial charge in [0.15, 0.2) is 0 Å². The Bertz CT molecular complexity index is 941. The number of hydrogen-bond donors (Lipinski definition) is 2. The van der Waals surface area contributed by atoms with E-state index >= 15 is 0 Å². The van der Waals surface area contributed by atoms with Crippen LogP contribution in [-0.2, 0) is 16.6 Å². The van der Waals surface area contributed by atoms with Gasteiger partial charge in [0.2, 0.25) is 10.0 Å². The van der Waals surface area contributed by atoms with Crippen molar-refractivity contribution in [3.63, 3.8) is 0 Å². The third-order valence-electron chi connectivity index (χ3n) is 4.41. The average molecular weight is 381 g/mol. The Morgan fingerprint density at radius 1 is 0.815 bits per heavy atom. The number of sulfonamides is 1. The summed E-state index contributed by atoms with van der Waals surface area (Å²) in [6.45, 7) is 2.86. The molecule has 3 aromatic rings. The minimum Gasteiger partial charge on any atom is -0.305 e. The van der Waals surface area contributed by atoms with Crippen LogP contribution in [0.15, 0.2) is 89.8 Å². The zero-order valence-corrected chi connectivity index (χ0v) is 16.1. The van der Waals surface area contributed by atoms with Gasteiger partial charge < -0.3 is 5.32 Å². The maximum absolute atomic E-state index is 12.6. The Morgan fingerprint density at radius 2 is 1.41 bits per heavy atom. The monoisotopic (exact) mass is 380 g/mol. The first kappa shape index (κ1) is 19.3. The van der Waals surface area contributed by atoms with Crippen LogP contribution >= 0.6 is 0 Å². The van der Waals surface area contributed by atoms with Crippen LogP contribution in [0.1, 0.15) is 22.7 Å². The number of nitrogens with one attached hydrogen (secondary N) is 2. The van der Waals surface area contributed by atoms with E-state index in [1.54, 1.807) is 24.3 Å². The summed E-state index contributed by atoms with van der Waals surface area (Å²) in [5.74, 6) is 0. The molecule has 5 heteroatoms. The molecule has 0 radical (unpaired) electrons. The highest BCUT2D eigenvalue weighted by molar-refractivity contribution is 7.89. The standard InChI is InChI=1S/C22H24N2O2S/c1-18-12-14-21(15-13-18)27(25,26)24-17-22(20-10-6-3-7-11-20)23-16-19-8-4-2-5-9-19/h2-15,22-24H,16-17H2,1H3/t22-/m1/s1. The van der Waals surface area contributed by atoms with Gasteiger partial charge in [0, 0.05) is 19.1 Å². The largest absolute Gasteiger partial charge is 0.305 e. The molecule has 1 atom stereocenters. The second-order valence-electron chi connectivity index (χ2n) is 6.49. The molecule has 27 heavy (non-hydrogen) atoms. The van der Waals surface area contributed by atoms with Crippen molar-refractivity contribution in [2.24, 2.45) is 0 Å². The lowest BCUT2D eigenvalue weighted by Gasteiger charge is -2.20. The van der Waals surface area contributed by atoms with E-state index in [1.165, 1.54) is 0 Å². The highest BCUT2D eigenvalue weighted by Crippen LogP contribution is 2.15. The topological polar surface area (TPSA) is 58.2 Å². The van der Waals surface area contributed by atoms with Crippen molar-refractivity contribution in [1.29, 1.82) is 0 Å². The molecule has 3 rings (SSSR count). The second-order valence-corrected chi connectivity index (χ2v) is 8.26. The number of benzene rings is 3. The Hall–Kier alpha value is -2.47. The van der Waals surface area contributed by atoms with Gasteiger partial charge >= 0.3 is 0 Å². The third kappa shape index (κ3) is 5.50. The average Bonchev–Trinajstić information content (AvgIpc) is 2.70. The van der Waals surface area contributed by atoms with Crippen LogP contribution in [0.25, 0.3) is 0 Å². The molecule has 0 heterocycles. The van der Waals surface area contributed by atoms with Gasteiger partial charge in [-0.2, -0.15) is 0 Å². The highest BCUT2D eigenvalue weighted by atomic mass is 32.2. The maximum Gasteiger partial charge on any atom is 0.240 e. The predicted octanol–water partition coefficient (Wildman–Crippen LogP) is 3.80. The summed E-state index contributed by atoms with van der Waals surface area (Å²) in [7, 11) is -3.55. The lowest BCUT2D eigenvalue weighted by Crippen LogP contribution is -2.34. The fourth-order valence-electron chi connectivity index (χ4n) is 2.82. The maximum atomic E-state index is 12.6. The minimum absolute atomic E-state index is 0.133. The fourth-order valence-corrected chi connectivity index (χ4v) is 3.87. The van der Waals surface area contributed by atoms with Gasteiger partial charge in [-0.25, -0.2) is 13.1 Å². The third-order valence-corrected chi connectivity index (χ3v) is 5.85. The summed E-state index contributed by atoms with van der Waals surface area (Å²) in [4.78, 5) is 0.281. The predicted molar refractivity (Wildman–Crippen MR) is 109 cm³/mol. The summed E-state index contributed by atoms with van der Waals surface area (Å²) in [6.07, 6.45) is 0. The Kier molecular flexibility index (Phi) is 6.40. The van der Waals surface area contributed by atoms with E-state index in [2.05, 4.69) is 10.0 Å². The molecule has 0 saturated carbocycles. The summed E-state index contributed by atoms with van der Waals surface area (Å²) in [5, 5.41) is 3.46. The highest BCUT2D eigenvalue weighted by Gasteiger charge is 2.18. The zero-order chi connectivity index (χ0) is 19.1. The van der Waals surface area contributed by atoms with E-state index < -0.39 is 10.0 Å². The van der Waals surface area contributed by atoms with E-state index in [4.69, 9.17) is 0 Å². The van der Waals surface area contributed by atoms with Crippen LogP contribution in [0.3, 0.4) is 0 Å². The summed E-state index contributed by atoms with van der Waals surface area (Å²) >= 11 is 0. The first-order valence-electron chi connectivity index (χ1n) is 8.93. The van der Waals surface area contributed by atoms with E-state index in [1.807, 2.05) is 67.6 Å². The molecular formula is C22H24N2O2S. The molecule has 0 aliphatic rings. The molecule has 0 amide bonds. The van der Waals surface area contributed by atoms with E-state index in [-0.39, 0.29) is 17.5 Å². The number of aryl methyl sites for hydroxylation is 1. The first-order chi connectivity index (χ1) is 13.0. The van der Waals surface area contributed by atoms with Gasteiger partial charge in [-0.1, -0.05) is 78.4 Å². The van der Waals surface area contributed by atoms with Gasteiger partial charge in [-0.15, -0.1) is 0 Å². The van der Waals surface area contributed by atoms with Crippen LogP contribution in [0.4, 0.5) is 0 Å². The summed E-state index contributed by atoms with van der Waals surface area (Å²) in [6, 6.07) is 26.7. The molecule has 3 aromatic carbocycles. The molecule has 4 nitrogen and oxygen atoms in total. The molecule has 2 N–H and O–H groups in total. The molecule has 140 valence electrons.